The molecular formula is C14H31N3S. The quantitative estimate of drug-likeness (QED) is 0.405. The van der Waals surface area contributed by atoms with Gasteiger partial charge < -0.3 is 10.6 Å². The molecule has 0 aliphatic carbocycles. The van der Waals surface area contributed by atoms with Crippen LogP contribution in [0.4, 0.5) is 0 Å². The number of guanidine groups is 1. The predicted molar refractivity (Wildman–Crippen MR) is 85.7 cm³/mol. The lowest BCUT2D eigenvalue weighted by Crippen LogP contribution is -2.46. The Morgan fingerprint density at radius 1 is 1.33 bits per heavy atom. The van der Waals surface area contributed by atoms with Crippen LogP contribution in [0.15, 0.2) is 4.99 Å². The number of unbranched alkanes of at least 4 members (excludes halogenated alkanes) is 2. The zero-order chi connectivity index (χ0) is 14.0. The Balaban J connectivity index is 3.97. The second-order valence-corrected chi connectivity index (χ2v) is 6.94. The van der Waals surface area contributed by atoms with Crippen molar-refractivity contribution in [3.8, 4) is 0 Å². The Morgan fingerprint density at radius 3 is 2.50 bits per heavy atom. The molecule has 0 saturated heterocycles. The molecular weight excluding hydrogens is 242 g/mol. The first kappa shape index (κ1) is 17.6. The maximum absolute atomic E-state index is 4.28. The third kappa shape index (κ3) is 8.67. The van der Waals surface area contributed by atoms with E-state index >= 15 is 0 Å². The van der Waals surface area contributed by atoms with Gasteiger partial charge >= 0.3 is 0 Å². The van der Waals surface area contributed by atoms with Gasteiger partial charge in [-0.15, -0.1) is 0 Å². The van der Waals surface area contributed by atoms with Gasteiger partial charge in [0.25, 0.3) is 0 Å². The molecule has 0 aromatic rings. The van der Waals surface area contributed by atoms with Crippen LogP contribution in [0.1, 0.15) is 53.4 Å². The molecule has 0 amide bonds. The third-order valence-corrected chi connectivity index (χ3v) is 4.33. The average molecular weight is 273 g/mol. The summed E-state index contributed by atoms with van der Waals surface area (Å²) in [7, 11) is 1.83. The first-order chi connectivity index (χ1) is 8.45. The minimum atomic E-state index is 0.239. The molecule has 1 atom stereocenters. The molecule has 0 saturated carbocycles. The maximum atomic E-state index is 4.28. The van der Waals surface area contributed by atoms with Crippen LogP contribution in [0.2, 0.25) is 0 Å². The van der Waals surface area contributed by atoms with Gasteiger partial charge in [0, 0.05) is 24.4 Å². The fourth-order valence-electron chi connectivity index (χ4n) is 1.57. The van der Waals surface area contributed by atoms with Gasteiger partial charge in [-0.05, 0) is 33.4 Å². The van der Waals surface area contributed by atoms with Gasteiger partial charge in [-0.25, -0.2) is 0 Å². The van der Waals surface area contributed by atoms with Gasteiger partial charge in [0.05, 0.1) is 0 Å². The summed E-state index contributed by atoms with van der Waals surface area (Å²) in [5.74, 6) is 0.918. The molecule has 0 aliphatic rings. The topological polar surface area (TPSA) is 36.4 Å². The van der Waals surface area contributed by atoms with Crippen molar-refractivity contribution in [2.24, 2.45) is 4.99 Å². The van der Waals surface area contributed by atoms with E-state index in [1.54, 1.807) is 0 Å². The monoisotopic (exact) mass is 273 g/mol. The van der Waals surface area contributed by atoms with Gasteiger partial charge in [0.15, 0.2) is 5.96 Å². The highest BCUT2D eigenvalue weighted by atomic mass is 32.2. The highest BCUT2D eigenvalue weighted by molar-refractivity contribution is 7.99. The molecule has 0 rings (SSSR count). The molecule has 0 heterocycles. The Hall–Kier alpha value is -0.380. The van der Waals surface area contributed by atoms with E-state index in [0.717, 1.165) is 12.5 Å². The molecule has 0 radical (unpaired) electrons. The molecule has 0 bridgehead atoms. The highest BCUT2D eigenvalue weighted by Gasteiger charge is 2.16. The summed E-state index contributed by atoms with van der Waals surface area (Å²) < 4.78 is 0.239. The number of rotatable bonds is 8. The Kier molecular flexibility index (Phi) is 9.34. The third-order valence-electron chi connectivity index (χ3n) is 3.08. The summed E-state index contributed by atoms with van der Waals surface area (Å²) in [6.45, 7) is 9.87. The van der Waals surface area contributed by atoms with Crippen molar-refractivity contribution in [2.75, 3.05) is 19.8 Å². The molecule has 0 spiro atoms. The number of nitrogens with zero attached hydrogens (tertiary/aromatic N) is 1. The van der Waals surface area contributed by atoms with E-state index in [1.165, 1.54) is 25.7 Å². The summed E-state index contributed by atoms with van der Waals surface area (Å²) in [5.41, 5.74) is 0. The molecule has 0 aromatic carbocycles. The van der Waals surface area contributed by atoms with E-state index < -0.39 is 0 Å². The van der Waals surface area contributed by atoms with Crippen LogP contribution in [0.3, 0.4) is 0 Å². The molecule has 0 aromatic heterocycles. The van der Waals surface area contributed by atoms with Gasteiger partial charge in [-0.1, -0.05) is 26.2 Å². The maximum Gasteiger partial charge on any atom is 0.191 e. The van der Waals surface area contributed by atoms with Gasteiger partial charge in [0.1, 0.15) is 0 Å². The van der Waals surface area contributed by atoms with Crippen LogP contribution in [0.5, 0.6) is 0 Å². The number of nitrogens with one attached hydrogen (secondary N) is 2. The molecule has 2 N–H and O–H groups in total. The molecule has 0 fully saturated rings. The zero-order valence-electron chi connectivity index (χ0n) is 13.0. The van der Waals surface area contributed by atoms with E-state index in [-0.39, 0.29) is 4.75 Å². The Bertz CT molecular complexity index is 239. The fourth-order valence-corrected chi connectivity index (χ4v) is 1.79. The number of hydrogen-bond donors (Lipinski definition) is 2. The van der Waals surface area contributed by atoms with Crippen molar-refractivity contribution in [1.29, 1.82) is 0 Å². The molecule has 18 heavy (non-hydrogen) atoms. The number of thioether (sulfide) groups is 1. The van der Waals surface area contributed by atoms with E-state index in [4.69, 9.17) is 0 Å². The largest absolute Gasteiger partial charge is 0.355 e. The van der Waals surface area contributed by atoms with Crippen LogP contribution in [-0.2, 0) is 0 Å². The Labute approximate surface area is 118 Å². The predicted octanol–water partition coefficient (Wildman–Crippen LogP) is 3.26. The molecule has 4 heteroatoms. The lowest BCUT2D eigenvalue weighted by molar-refractivity contribution is 0.543. The Morgan fingerprint density at radius 2 is 2.00 bits per heavy atom. The standard InChI is InChI=1S/C14H31N3S/c1-7-8-9-10-12(2)17-13(15-5)16-11-14(3,4)18-6/h12H,7-11H2,1-6H3,(H2,15,16,17). The normalized spacial score (nSPS) is 14.4. The van der Waals surface area contributed by atoms with Gasteiger partial charge in [-0.2, -0.15) is 11.8 Å². The first-order valence-electron chi connectivity index (χ1n) is 6.97. The van der Waals surface area contributed by atoms with E-state index in [9.17, 15) is 0 Å². The van der Waals surface area contributed by atoms with Crippen molar-refractivity contribution in [3.63, 3.8) is 0 Å². The molecule has 3 nitrogen and oxygen atoms in total. The molecule has 1 unspecified atom stereocenters. The van der Waals surface area contributed by atoms with Gasteiger partial charge in [-0.3, -0.25) is 4.99 Å². The average Bonchev–Trinajstić information content (AvgIpc) is 2.34. The minimum absolute atomic E-state index is 0.239. The SMILES string of the molecule is CCCCCC(C)NC(=NC)NCC(C)(C)SC. The van der Waals surface area contributed by atoms with Crippen molar-refractivity contribution in [3.05, 3.63) is 0 Å². The minimum Gasteiger partial charge on any atom is -0.355 e. The second-order valence-electron chi connectivity index (χ2n) is 5.43. The fraction of sp³-hybridized carbons (Fsp3) is 0.929. The highest BCUT2D eigenvalue weighted by Crippen LogP contribution is 2.19. The lowest BCUT2D eigenvalue weighted by atomic mass is 10.1. The van der Waals surface area contributed by atoms with Crippen LogP contribution in [-0.4, -0.2) is 36.6 Å². The number of hydrogen-bond acceptors (Lipinski definition) is 2. The lowest BCUT2D eigenvalue weighted by Gasteiger charge is -2.25. The van der Waals surface area contributed by atoms with Crippen molar-refractivity contribution < 1.29 is 0 Å². The van der Waals surface area contributed by atoms with Crippen LogP contribution < -0.4 is 10.6 Å². The summed E-state index contributed by atoms with van der Waals surface area (Å²) in [5, 5.41) is 6.85. The summed E-state index contributed by atoms with van der Waals surface area (Å²) in [4.78, 5) is 4.28. The first-order valence-corrected chi connectivity index (χ1v) is 8.20. The van der Waals surface area contributed by atoms with Crippen LogP contribution in [0.25, 0.3) is 0 Å². The van der Waals surface area contributed by atoms with Gasteiger partial charge in [0.2, 0.25) is 0 Å². The second kappa shape index (κ2) is 9.54. The summed E-state index contributed by atoms with van der Waals surface area (Å²) in [6, 6.07) is 0.486. The van der Waals surface area contributed by atoms with Crippen molar-refractivity contribution in [2.45, 2.75) is 64.2 Å². The summed E-state index contributed by atoms with van der Waals surface area (Å²) in [6.07, 6.45) is 7.24. The smallest absolute Gasteiger partial charge is 0.191 e. The van der Waals surface area contributed by atoms with E-state index in [0.29, 0.717) is 6.04 Å². The molecule has 108 valence electrons. The zero-order valence-corrected chi connectivity index (χ0v) is 13.8. The summed E-state index contributed by atoms with van der Waals surface area (Å²) >= 11 is 1.87. The molecule has 0 aliphatic heterocycles. The van der Waals surface area contributed by atoms with Crippen molar-refractivity contribution in [1.82, 2.24) is 10.6 Å². The van der Waals surface area contributed by atoms with Crippen molar-refractivity contribution >= 4 is 17.7 Å². The number of aliphatic imine (C=N–C) groups is 1. The van der Waals surface area contributed by atoms with Crippen LogP contribution >= 0.6 is 11.8 Å². The van der Waals surface area contributed by atoms with Crippen LogP contribution in [0, 0.1) is 0 Å². The van der Waals surface area contributed by atoms with E-state index in [1.807, 2.05) is 18.8 Å². The van der Waals surface area contributed by atoms with E-state index in [2.05, 4.69) is 49.6 Å².